The molecule has 3 rings (SSSR count). The number of hydrazone groups is 1. The van der Waals surface area contributed by atoms with Crippen molar-refractivity contribution < 1.29 is 4.79 Å². The van der Waals surface area contributed by atoms with E-state index in [4.69, 9.17) is 0 Å². The summed E-state index contributed by atoms with van der Waals surface area (Å²) in [5.74, 6) is 0.00570. The Bertz CT molecular complexity index is 659. The molecule has 0 bridgehead atoms. The molecule has 0 radical (unpaired) electrons. The standard InChI is InChI=1S/C20H30N4O/c1-14-10-11-24(22-14)17-8-6-15(7-9-17)18(25)21-16-12-19(2,3)23-20(4,5)13-16/h6-9,16,23H,10-13H2,1-5H3,(H,21,25). The Morgan fingerprint density at radius 2 is 1.76 bits per heavy atom. The van der Waals surface area contributed by atoms with Crippen molar-refractivity contribution in [2.45, 2.75) is 71.0 Å². The molecule has 0 aromatic heterocycles. The van der Waals surface area contributed by atoms with Crippen LogP contribution in [0.4, 0.5) is 5.69 Å². The molecule has 1 aromatic carbocycles. The molecule has 1 fully saturated rings. The second kappa shape index (κ2) is 6.45. The molecule has 0 aliphatic carbocycles. The fourth-order valence-electron chi connectivity index (χ4n) is 4.24. The van der Waals surface area contributed by atoms with Crippen LogP contribution in [0.15, 0.2) is 29.4 Å². The highest BCUT2D eigenvalue weighted by atomic mass is 16.1. The van der Waals surface area contributed by atoms with Gasteiger partial charge in [0.2, 0.25) is 0 Å². The van der Waals surface area contributed by atoms with Gasteiger partial charge in [-0.1, -0.05) is 0 Å². The van der Waals surface area contributed by atoms with Crippen LogP contribution in [-0.2, 0) is 0 Å². The highest BCUT2D eigenvalue weighted by molar-refractivity contribution is 5.95. The van der Waals surface area contributed by atoms with Crippen molar-refractivity contribution in [1.29, 1.82) is 0 Å². The van der Waals surface area contributed by atoms with Crippen LogP contribution in [0.2, 0.25) is 0 Å². The molecule has 1 aromatic rings. The number of nitrogens with zero attached hydrogens (tertiary/aromatic N) is 2. The van der Waals surface area contributed by atoms with Crippen LogP contribution < -0.4 is 15.6 Å². The third-order valence-corrected chi connectivity index (χ3v) is 4.93. The molecular weight excluding hydrogens is 312 g/mol. The summed E-state index contributed by atoms with van der Waals surface area (Å²) in [6.45, 7) is 11.7. The first-order valence-electron chi connectivity index (χ1n) is 9.15. The molecule has 136 valence electrons. The van der Waals surface area contributed by atoms with E-state index in [1.165, 1.54) is 0 Å². The van der Waals surface area contributed by atoms with Gasteiger partial charge in [0, 0.05) is 41.4 Å². The van der Waals surface area contributed by atoms with Gasteiger partial charge < -0.3 is 10.6 Å². The number of amides is 1. The van der Waals surface area contributed by atoms with E-state index in [-0.39, 0.29) is 23.0 Å². The van der Waals surface area contributed by atoms with E-state index in [0.717, 1.165) is 37.2 Å². The second-order valence-corrected chi connectivity index (χ2v) is 8.73. The second-order valence-electron chi connectivity index (χ2n) is 8.73. The molecule has 5 heteroatoms. The number of carbonyl (C=O) groups is 1. The van der Waals surface area contributed by atoms with E-state index in [0.29, 0.717) is 5.56 Å². The fourth-order valence-corrected chi connectivity index (χ4v) is 4.24. The molecule has 1 amide bonds. The van der Waals surface area contributed by atoms with Crippen molar-refractivity contribution in [3.63, 3.8) is 0 Å². The SMILES string of the molecule is CC1=NN(c2ccc(C(=O)NC3CC(C)(C)NC(C)(C)C3)cc2)CC1. The number of hydrogen-bond acceptors (Lipinski definition) is 4. The third kappa shape index (κ3) is 4.40. The zero-order valence-corrected chi connectivity index (χ0v) is 16.0. The summed E-state index contributed by atoms with van der Waals surface area (Å²) in [6, 6.07) is 7.93. The van der Waals surface area contributed by atoms with E-state index in [1.807, 2.05) is 36.2 Å². The summed E-state index contributed by atoms with van der Waals surface area (Å²) in [5, 5.41) is 13.4. The lowest BCUT2D eigenvalue weighted by Crippen LogP contribution is -2.62. The maximum atomic E-state index is 12.6. The van der Waals surface area contributed by atoms with Gasteiger partial charge in [-0.05, 0) is 71.7 Å². The maximum Gasteiger partial charge on any atom is 0.251 e. The minimum Gasteiger partial charge on any atom is -0.349 e. The zero-order valence-electron chi connectivity index (χ0n) is 16.0. The maximum absolute atomic E-state index is 12.6. The first-order valence-corrected chi connectivity index (χ1v) is 9.15. The number of benzene rings is 1. The van der Waals surface area contributed by atoms with E-state index < -0.39 is 0 Å². The lowest BCUT2D eigenvalue weighted by Gasteiger charge is -2.46. The lowest BCUT2D eigenvalue weighted by atomic mass is 9.79. The van der Waals surface area contributed by atoms with Crippen LogP contribution in [-0.4, -0.2) is 35.3 Å². The van der Waals surface area contributed by atoms with E-state index >= 15 is 0 Å². The van der Waals surface area contributed by atoms with Crippen molar-refractivity contribution in [3.8, 4) is 0 Å². The van der Waals surface area contributed by atoms with E-state index in [2.05, 4.69) is 43.4 Å². The highest BCUT2D eigenvalue weighted by Crippen LogP contribution is 2.28. The number of piperidine rings is 1. The minimum atomic E-state index is 0.00570. The van der Waals surface area contributed by atoms with Crippen LogP contribution in [0.1, 0.15) is 64.2 Å². The lowest BCUT2D eigenvalue weighted by molar-refractivity contribution is 0.0873. The number of carbonyl (C=O) groups excluding carboxylic acids is 1. The van der Waals surface area contributed by atoms with Crippen LogP contribution in [0.5, 0.6) is 0 Å². The van der Waals surface area contributed by atoms with Crippen LogP contribution in [0.25, 0.3) is 0 Å². The zero-order chi connectivity index (χ0) is 18.2. The predicted octanol–water partition coefficient (Wildman–Crippen LogP) is 3.31. The van der Waals surface area contributed by atoms with Crippen LogP contribution in [0.3, 0.4) is 0 Å². The summed E-state index contributed by atoms with van der Waals surface area (Å²) in [4.78, 5) is 12.6. The predicted molar refractivity (Wildman–Crippen MR) is 103 cm³/mol. The van der Waals surface area contributed by atoms with Crippen LogP contribution >= 0.6 is 0 Å². The first-order chi connectivity index (χ1) is 11.6. The topological polar surface area (TPSA) is 56.7 Å². The molecule has 2 aliphatic rings. The Labute approximate surface area is 150 Å². The summed E-state index contributed by atoms with van der Waals surface area (Å²) in [7, 11) is 0. The molecule has 0 atom stereocenters. The van der Waals surface area contributed by atoms with E-state index in [1.54, 1.807) is 0 Å². The van der Waals surface area contributed by atoms with Gasteiger partial charge in [-0.15, -0.1) is 0 Å². The Kier molecular flexibility index (Phi) is 4.62. The molecule has 0 unspecified atom stereocenters. The molecule has 2 heterocycles. The Morgan fingerprint density at radius 3 is 2.28 bits per heavy atom. The van der Waals surface area contributed by atoms with Crippen molar-refractivity contribution in [1.82, 2.24) is 10.6 Å². The monoisotopic (exact) mass is 342 g/mol. The molecule has 5 nitrogen and oxygen atoms in total. The first kappa shape index (κ1) is 17.9. The van der Waals surface area contributed by atoms with Crippen molar-refractivity contribution >= 4 is 17.3 Å². The average Bonchev–Trinajstić information content (AvgIpc) is 2.90. The fraction of sp³-hybridized carbons (Fsp3) is 0.600. The summed E-state index contributed by atoms with van der Waals surface area (Å²) in [6.07, 6.45) is 2.87. The Morgan fingerprint density at radius 1 is 1.16 bits per heavy atom. The Hall–Kier alpha value is -1.88. The molecule has 1 saturated heterocycles. The van der Waals surface area contributed by atoms with Gasteiger partial charge in [-0.3, -0.25) is 9.80 Å². The van der Waals surface area contributed by atoms with Gasteiger partial charge in [-0.25, -0.2) is 0 Å². The Balaban J connectivity index is 1.65. The van der Waals surface area contributed by atoms with Gasteiger partial charge >= 0.3 is 0 Å². The molecule has 0 spiro atoms. The normalized spacial score (nSPS) is 22.6. The van der Waals surface area contributed by atoms with Gasteiger partial charge in [0.05, 0.1) is 5.69 Å². The summed E-state index contributed by atoms with van der Waals surface area (Å²) < 4.78 is 0. The number of anilines is 1. The van der Waals surface area contributed by atoms with Gasteiger partial charge in [0.25, 0.3) is 5.91 Å². The minimum absolute atomic E-state index is 0.00570. The van der Waals surface area contributed by atoms with Crippen molar-refractivity contribution in [2.24, 2.45) is 5.10 Å². The number of hydrogen-bond donors (Lipinski definition) is 2. The van der Waals surface area contributed by atoms with Crippen molar-refractivity contribution in [2.75, 3.05) is 11.6 Å². The quantitative estimate of drug-likeness (QED) is 0.886. The summed E-state index contributed by atoms with van der Waals surface area (Å²) >= 11 is 0. The molecule has 25 heavy (non-hydrogen) atoms. The average molecular weight is 342 g/mol. The van der Waals surface area contributed by atoms with Crippen LogP contribution in [0, 0.1) is 0 Å². The number of rotatable bonds is 3. The van der Waals surface area contributed by atoms with Gasteiger partial charge in [0.15, 0.2) is 0 Å². The smallest absolute Gasteiger partial charge is 0.251 e. The molecular formula is C20H30N4O. The molecule has 2 aliphatic heterocycles. The van der Waals surface area contributed by atoms with E-state index in [9.17, 15) is 4.79 Å². The van der Waals surface area contributed by atoms with Crippen molar-refractivity contribution in [3.05, 3.63) is 29.8 Å². The molecule has 0 saturated carbocycles. The highest BCUT2D eigenvalue weighted by Gasteiger charge is 2.38. The summed E-state index contributed by atoms with van der Waals surface area (Å²) in [5.41, 5.74) is 2.94. The number of nitrogens with one attached hydrogen (secondary N) is 2. The molecule has 2 N–H and O–H groups in total. The third-order valence-electron chi connectivity index (χ3n) is 4.93. The largest absolute Gasteiger partial charge is 0.349 e. The van der Waals surface area contributed by atoms with Gasteiger partial charge in [0.1, 0.15) is 0 Å². The van der Waals surface area contributed by atoms with Gasteiger partial charge in [-0.2, -0.15) is 5.10 Å².